The molecule has 31 heavy (non-hydrogen) atoms. The maximum atomic E-state index is 12.8. The van der Waals surface area contributed by atoms with Crippen molar-refractivity contribution in [3.63, 3.8) is 0 Å². The zero-order valence-corrected chi connectivity index (χ0v) is 17.5. The number of ether oxygens (including phenoxy) is 1. The molecule has 0 saturated carbocycles. The number of carbonyl (C=O) groups is 1. The van der Waals surface area contributed by atoms with Crippen LogP contribution in [-0.2, 0) is 16.0 Å². The van der Waals surface area contributed by atoms with Crippen molar-refractivity contribution in [2.45, 2.75) is 64.0 Å². The molecule has 1 heterocycles. The lowest BCUT2D eigenvalue weighted by Gasteiger charge is -2.24. The van der Waals surface area contributed by atoms with Gasteiger partial charge in [0.2, 0.25) is 0 Å². The van der Waals surface area contributed by atoms with Crippen molar-refractivity contribution >= 4 is 5.97 Å². The zero-order valence-electron chi connectivity index (χ0n) is 17.5. The lowest BCUT2D eigenvalue weighted by Crippen LogP contribution is -2.16. The van der Waals surface area contributed by atoms with Crippen LogP contribution in [0.2, 0.25) is 0 Å². The van der Waals surface area contributed by atoms with Gasteiger partial charge in [0.05, 0.1) is 12.3 Å². The van der Waals surface area contributed by atoms with Crippen LogP contribution in [0.5, 0.6) is 0 Å². The Morgan fingerprint density at radius 2 is 2.16 bits per heavy atom. The lowest BCUT2D eigenvalue weighted by atomic mass is 9.83. The van der Waals surface area contributed by atoms with Gasteiger partial charge < -0.3 is 14.3 Å². The predicted molar refractivity (Wildman–Crippen MR) is 108 cm³/mol. The first-order chi connectivity index (χ1) is 14.8. The molecule has 1 N–H and O–H groups in total. The average Bonchev–Trinajstić information content (AvgIpc) is 3.21. The number of carboxylic acid groups (broad SMARTS) is 1. The minimum Gasteiger partial charge on any atom is -0.494 e. The van der Waals surface area contributed by atoms with Crippen molar-refractivity contribution < 1.29 is 32.2 Å². The van der Waals surface area contributed by atoms with Gasteiger partial charge >= 0.3 is 12.1 Å². The summed E-state index contributed by atoms with van der Waals surface area (Å²) in [5, 5.41) is 8.88. The van der Waals surface area contributed by atoms with E-state index in [0.29, 0.717) is 37.5 Å². The second kappa shape index (κ2) is 10.2. The summed E-state index contributed by atoms with van der Waals surface area (Å²) in [5.41, 5.74) is 0.251. The molecule has 3 rings (SSSR count). The molecule has 0 radical (unpaired) electrons. The first kappa shape index (κ1) is 23.2. The molecule has 3 unspecified atom stereocenters. The van der Waals surface area contributed by atoms with Crippen molar-refractivity contribution in [1.82, 2.24) is 4.98 Å². The molecule has 1 aromatic rings. The topological polar surface area (TPSA) is 72.6 Å². The fourth-order valence-electron chi connectivity index (χ4n) is 4.08. The van der Waals surface area contributed by atoms with E-state index in [0.717, 1.165) is 12.2 Å². The Balaban J connectivity index is 1.47. The van der Waals surface area contributed by atoms with Crippen molar-refractivity contribution in [2.75, 3.05) is 6.61 Å². The maximum Gasteiger partial charge on any atom is 0.412 e. The van der Waals surface area contributed by atoms with E-state index in [2.05, 4.69) is 11.9 Å². The van der Waals surface area contributed by atoms with Crippen LogP contribution in [0.15, 0.2) is 46.3 Å². The highest BCUT2D eigenvalue weighted by Gasteiger charge is 2.36. The number of rotatable bonds is 9. The molecule has 0 fully saturated rings. The molecule has 0 amide bonds. The van der Waals surface area contributed by atoms with Crippen molar-refractivity contribution in [3.05, 3.63) is 53.5 Å². The Morgan fingerprint density at radius 3 is 2.81 bits per heavy atom. The van der Waals surface area contributed by atoms with E-state index in [-0.39, 0.29) is 37.0 Å². The lowest BCUT2D eigenvalue weighted by molar-refractivity contribution is -0.137. The van der Waals surface area contributed by atoms with Gasteiger partial charge in [0.15, 0.2) is 5.89 Å². The van der Waals surface area contributed by atoms with Gasteiger partial charge in [-0.15, -0.1) is 0 Å². The van der Waals surface area contributed by atoms with Gasteiger partial charge in [-0.05, 0) is 56.1 Å². The van der Waals surface area contributed by atoms with Gasteiger partial charge in [-0.25, -0.2) is 4.98 Å². The Bertz CT molecular complexity index is 853. The summed E-state index contributed by atoms with van der Waals surface area (Å²) in [4.78, 5) is 15.2. The van der Waals surface area contributed by atoms with E-state index in [1.165, 1.54) is 6.08 Å². The number of carboxylic acids is 1. The number of aromatic nitrogens is 1. The Morgan fingerprint density at radius 1 is 1.35 bits per heavy atom. The number of hydrogen-bond acceptors (Lipinski definition) is 4. The van der Waals surface area contributed by atoms with Gasteiger partial charge in [0.1, 0.15) is 12.0 Å². The fourth-order valence-corrected chi connectivity index (χ4v) is 4.08. The second-order valence-electron chi connectivity index (χ2n) is 8.07. The van der Waals surface area contributed by atoms with Crippen LogP contribution >= 0.6 is 0 Å². The highest BCUT2D eigenvalue weighted by atomic mass is 19.4. The molecular formula is C23H28F3NO4. The third-order valence-corrected chi connectivity index (χ3v) is 5.92. The molecule has 2 aliphatic rings. The molecule has 8 heteroatoms. The van der Waals surface area contributed by atoms with E-state index >= 15 is 0 Å². The second-order valence-corrected chi connectivity index (χ2v) is 8.07. The smallest absolute Gasteiger partial charge is 0.412 e. The quantitative estimate of drug-likeness (QED) is 0.481. The zero-order chi connectivity index (χ0) is 22.4. The molecular weight excluding hydrogens is 411 g/mol. The van der Waals surface area contributed by atoms with E-state index < -0.39 is 17.7 Å². The number of nitrogens with zero attached hydrogens (tertiary/aromatic N) is 1. The summed E-state index contributed by atoms with van der Waals surface area (Å²) in [6, 6.07) is 0. The van der Waals surface area contributed by atoms with Gasteiger partial charge in [0.25, 0.3) is 0 Å². The summed E-state index contributed by atoms with van der Waals surface area (Å²) in [5.74, 6) is 0.785. The van der Waals surface area contributed by atoms with Crippen LogP contribution in [-0.4, -0.2) is 28.8 Å². The highest BCUT2D eigenvalue weighted by Crippen LogP contribution is 2.38. The first-order valence-electron chi connectivity index (χ1n) is 10.7. The summed E-state index contributed by atoms with van der Waals surface area (Å²) in [7, 11) is 0. The van der Waals surface area contributed by atoms with Gasteiger partial charge in [-0.2, -0.15) is 13.2 Å². The summed E-state index contributed by atoms with van der Waals surface area (Å²) < 4.78 is 49.6. The SMILES string of the molecule is CCC1C=C(OCCc2coc(C3CC=C(C(F)(F)F)CC3)n2)C=CC1CCC(=O)O. The molecule has 0 aromatic carbocycles. The number of halogens is 3. The number of alkyl halides is 3. The third kappa shape index (κ3) is 6.48. The molecule has 1 aromatic heterocycles. The fraction of sp³-hybridized carbons (Fsp3) is 0.565. The van der Waals surface area contributed by atoms with E-state index in [1.807, 2.05) is 18.2 Å². The molecule has 0 bridgehead atoms. The maximum absolute atomic E-state index is 12.8. The minimum absolute atomic E-state index is 0.0124. The number of hydrogen-bond donors (Lipinski definition) is 1. The summed E-state index contributed by atoms with van der Waals surface area (Å²) in [6.45, 7) is 2.47. The Labute approximate surface area is 179 Å². The van der Waals surface area contributed by atoms with E-state index in [9.17, 15) is 18.0 Å². The van der Waals surface area contributed by atoms with Gasteiger partial charge in [0, 0.05) is 24.3 Å². The monoisotopic (exact) mass is 439 g/mol. The third-order valence-electron chi connectivity index (χ3n) is 5.92. The normalized spacial score (nSPS) is 23.9. The number of aliphatic carboxylic acids is 1. The molecule has 0 spiro atoms. The van der Waals surface area contributed by atoms with Gasteiger partial charge in [-0.1, -0.05) is 19.1 Å². The molecule has 3 atom stereocenters. The Kier molecular flexibility index (Phi) is 7.62. The molecule has 0 aliphatic heterocycles. The van der Waals surface area contributed by atoms with Crippen LogP contribution in [0.25, 0.3) is 0 Å². The molecule has 2 aliphatic carbocycles. The first-order valence-corrected chi connectivity index (χ1v) is 10.7. The van der Waals surface area contributed by atoms with Crippen molar-refractivity contribution in [3.8, 4) is 0 Å². The van der Waals surface area contributed by atoms with Crippen LogP contribution in [0.1, 0.15) is 63.0 Å². The molecule has 170 valence electrons. The van der Waals surface area contributed by atoms with Crippen LogP contribution < -0.4 is 0 Å². The summed E-state index contributed by atoms with van der Waals surface area (Å²) >= 11 is 0. The largest absolute Gasteiger partial charge is 0.494 e. The van der Waals surface area contributed by atoms with E-state index in [4.69, 9.17) is 14.3 Å². The summed E-state index contributed by atoms with van der Waals surface area (Å²) in [6.07, 6.45) is 7.34. The van der Waals surface area contributed by atoms with Crippen LogP contribution in [0.3, 0.4) is 0 Å². The van der Waals surface area contributed by atoms with Crippen LogP contribution in [0.4, 0.5) is 13.2 Å². The van der Waals surface area contributed by atoms with Crippen molar-refractivity contribution in [2.24, 2.45) is 11.8 Å². The highest BCUT2D eigenvalue weighted by molar-refractivity contribution is 5.66. The minimum atomic E-state index is -4.25. The molecule has 5 nitrogen and oxygen atoms in total. The predicted octanol–water partition coefficient (Wildman–Crippen LogP) is 5.95. The Hall–Kier alpha value is -2.51. The average molecular weight is 439 g/mol. The van der Waals surface area contributed by atoms with Crippen LogP contribution in [0, 0.1) is 11.8 Å². The van der Waals surface area contributed by atoms with Crippen molar-refractivity contribution in [1.29, 1.82) is 0 Å². The number of allylic oxidation sites excluding steroid dienone is 5. The van der Waals surface area contributed by atoms with E-state index in [1.54, 1.807) is 6.26 Å². The molecule has 0 saturated heterocycles. The van der Waals surface area contributed by atoms with Gasteiger partial charge in [-0.3, -0.25) is 4.79 Å². The number of oxazole rings is 1. The standard InChI is InChI=1S/C23H28F3NO4/c1-2-15-13-20(9-5-16(15)6-10-21(28)29)30-12-11-19-14-31-22(27-19)17-3-7-18(8-4-17)23(24,25)26/h5,7,9,13-17H,2-4,6,8,10-12H2,1H3,(H,28,29).